The average molecular weight is 279 g/mol. The number of amides is 1. The molecule has 1 amide bonds. The lowest BCUT2D eigenvalue weighted by molar-refractivity contribution is -0.147. The molecular weight excluding hydrogens is 258 g/mol. The van der Waals surface area contributed by atoms with Gasteiger partial charge in [-0.1, -0.05) is 0 Å². The van der Waals surface area contributed by atoms with Crippen LogP contribution >= 0.6 is 0 Å². The van der Waals surface area contributed by atoms with E-state index in [0.717, 1.165) is 5.56 Å². The van der Waals surface area contributed by atoms with Gasteiger partial charge in [-0.15, -0.1) is 0 Å². The van der Waals surface area contributed by atoms with Gasteiger partial charge in [0.15, 0.2) is 0 Å². The van der Waals surface area contributed by atoms with Gasteiger partial charge < -0.3 is 15.2 Å². The molecule has 5 heteroatoms. The fourth-order valence-electron chi connectivity index (χ4n) is 1.71. The molecule has 0 heterocycles. The molecule has 0 bridgehead atoms. The van der Waals surface area contributed by atoms with E-state index in [4.69, 9.17) is 9.84 Å². The first-order chi connectivity index (χ1) is 9.27. The number of methoxy groups -OCH3 is 1. The Morgan fingerprint density at radius 1 is 1.35 bits per heavy atom. The van der Waals surface area contributed by atoms with Crippen molar-refractivity contribution in [3.63, 3.8) is 0 Å². The summed E-state index contributed by atoms with van der Waals surface area (Å²) in [6.45, 7) is 5.43. The third kappa shape index (κ3) is 3.98. The van der Waals surface area contributed by atoms with Crippen LogP contribution in [0.5, 0.6) is 5.75 Å². The Kier molecular flexibility index (Phi) is 5.13. The largest absolute Gasteiger partial charge is 0.497 e. The van der Waals surface area contributed by atoms with Crippen LogP contribution in [-0.2, 0) is 4.79 Å². The Morgan fingerprint density at radius 3 is 2.50 bits per heavy atom. The van der Waals surface area contributed by atoms with E-state index in [1.165, 1.54) is 0 Å². The lowest BCUT2D eigenvalue weighted by atomic mass is 9.89. The quantitative estimate of drug-likeness (QED) is 0.837. The summed E-state index contributed by atoms with van der Waals surface area (Å²) in [4.78, 5) is 23.0. The van der Waals surface area contributed by atoms with Crippen molar-refractivity contribution in [2.75, 3.05) is 13.7 Å². The minimum atomic E-state index is -0.868. The van der Waals surface area contributed by atoms with Crippen LogP contribution in [0.4, 0.5) is 0 Å². The molecule has 0 aromatic heterocycles. The maximum Gasteiger partial charge on any atom is 0.309 e. The van der Waals surface area contributed by atoms with E-state index >= 15 is 0 Å². The summed E-state index contributed by atoms with van der Waals surface area (Å²) in [5.74, 6) is -0.371. The monoisotopic (exact) mass is 279 g/mol. The zero-order valence-corrected chi connectivity index (χ0v) is 12.3. The van der Waals surface area contributed by atoms with E-state index in [1.54, 1.807) is 39.2 Å². The second kappa shape index (κ2) is 6.41. The van der Waals surface area contributed by atoms with Crippen molar-refractivity contribution in [1.82, 2.24) is 5.32 Å². The Labute approximate surface area is 118 Å². The first-order valence-corrected chi connectivity index (χ1v) is 6.44. The van der Waals surface area contributed by atoms with E-state index < -0.39 is 11.4 Å². The summed E-state index contributed by atoms with van der Waals surface area (Å²) >= 11 is 0. The van der Waals surface area contributed by atoms with Crippen LogP contribution in [0.1, 0.15) is 36.2 Å². The summed E-state index contributed by atoms with van der Waals surface area (Å²) in [6, 6.07) is 5.21. The van der Waals surface area contributed by atoms with Crippen LogP contribution in [0.25, 0.3) is 0 Å². The number of hydrogen-bond acceptors (Lipinski definition) is 3. The fourth-order valence-corrected chi connectivity index (χ4v) is 1.71. The number of aliphatic carboxylic acids is 1. The molecule has 20 heavy (non-hydrogen) atoms. The van der Waals surface area contributed by atoms with E-state index in [1.807, 2.05) is 6.92 Å². The number of carbonyl (C=O) groups is 2. The minimum absolute atomic E-state index is 0.202. The highest BCUT2D eigenvalue weighted by molar-refractivity contribution is 5.95. The summed E-state index contributed by atoms with van der Waals surface area (Å²) in [5.41, 5.74) is 0.542. The topological polar surface area (TPSA) is 75.6 Å². The van der Waals surface area contributed by atoms with Gasteiger partial charge in [0.1, 0.15) is 5.75 Å². The molecule has 0 aliphatic carbocycles. The van der Waals surface area contributed by atoms with Gasteiger partial charge in [0.05, 0.1) is 12.5 Å². The molecule has 110 valence electrons. The van der Waals surface area contributed by atoms with Gasteiger partial charge >= 0.3 is 5.97 Å². The number of aryl methyl sites for hydroxylation is 1. The number of nitrogens with one attached hydrogen (secondary N) is 1. The maximum absolute atomic E-state index is 12.0. The molecule has 1 aromatic rings. The van der Waals surface area contributed by atoms with Gasteiger partial charge in [-0.05, 0) is 51.0 Å². The van der Waals surface area contributed by atoms with Gasteiger partial charge in [-0.3, -0.25) is 9.59 Å². The number of ether oxygens (including phenoxy) is 1. The first kappa shape index (κ1) is 16.0. The molecule has 0 atom stereocenters. The summed E-state index contributed by atoms with van der Waals surface area (Å²) in [5, 5.41) is 11.7. The van der Waals surface area contributed by atoms with Crippen molar-refractivity contribution in [3.05, 3.63) is 29.3 Å². The lowest BCUT2D eigenvalue weighted by Gasteiger charge is -2.19. The van der Waals surface area contributed by atoms with E-state index in [2.05, 4.69) is 5.32 Å². The van der Waals surface area contributed by atoms with Crippen molar-refractivity contribution < 1.29 is 19.4 Å². The van der Waals surface area contributed by atoms with E-state index in [9.17, 15) is 9.59 Å². The highest BCUT2D eigenvalue weighted by Gasteiger charge is 2.26. The zero-order valence-electron chi connectivity index (χ0n) is 12.3. The first-order valence-electron chi connectivity index (χ1n) is 6.44. The van der Waals surface area contributed by atoms with Crippen LogP contribution in [0, 0.1) is 12.3 Å². The molecule has 0 aliphatic heterocycles. The number of carbonyl (C=O) groups excluding carboxylic acids is 1. The predicted octanol–water partition coefficient (Wildman–Crippen LogP) is 2.23. The van der Waals surface area contributed by atoms with Crippen molar-refractivity contribution >= 4 is 11.9 Å². The average Bonchev–Trinajstić information content (AvgIpc) is 2.37. The zero-order chi connectivity index (χ0) is 15.3. The normalized spacial score (nSPS) is 11.0. The van der Waals surface area contributed by atoms with Crippen LogP contribution in [0.3, 0.4) is 0 Å². The van der Waals surface area contributed by atoms with Gasteiger partial charge in [0, 0.05) is 12.1 Å². The number of hydrogen-bond donors (Lipinski definition) is 2. The summed E-state index contributed by atoms with van der Waals surface area (Å²) in [6.07, 6.45) is 0.378. The molecule has 0 saturated carbocycles. The third-order valence-electron chi connectivity index (χ3n) is 3.29. The van der Waals surface area contributed by atoms with Crippen molar-refractivity contribution in [3.8, 4) is 5.75 Å². The number of carboxylic acids is 1. The Bertz CT molecular complexity index is 509. The standard InChI is InChI=1S/C15H21NO4/c1-10-9-11(20-4)5-6-12(10)13(17)16-8-7-15(2,3)14(18)19/h5-6,9H,7-8H2,1-4H3,(H,16,17)(H,18,19). The van der Waals surface area contributed by atoms with Gasteiger partial charge in [0.2, 0.25) is 0 Å². The number of carboxylic acid groups (broad SMARTS) is 1. The Hall–Kier alpha value is -2.04. The second-order valence-corrected chi connectivity index (χ2v) is 5.38. The molecule has 1 aromatic carbocycles. The Balaban J connectivity index is 2.62. The van der Waals surface area contributed by atoms with Crippen LogP contribution in [0.15, 0.2) is 18.2 Å². The maximum atomic E-state index is 12.0. The highest BCUT2D eigenvalue weighted by atomic mass is 16.5. The SMILES string of the molecule is COc1ccc(C(=O)NCCC(C)(C)C(=O)O)c(C)c1. The van der Waals surface area contributed by atoms with E-state index in [0.29, 0.717) is 24.3 Å². The molecule has 0 saturated heterocycles. The van der Waals surface area contributed by atoms with Gasteiger partial charge in [-0.25, -0.2) is 0 Å². The Morgan fingerprint density at radius 2 is 2.00 bits per heavy atom. The lowest BCUT2D eigenvalue weighted by Crippen LogP contribution is -2.32. The number of rotatable bonds is 6. The summed E-state index contributed by atoms with van der Waals surface area (Å²) in [7, 11) is 1.57. The van der Waals surface area contributed by atoms with Crippen LogP contribution in [-0.4, -0.2) is 30.6 Å². The van der Waals surface area contributed by atoms with Crippen LogP contribution in [0.2, 0.25) is 0 Å². The molecule has 2 N–H and O–H groups in total. The number of benzene rings is 1. The van der Waals surface area contributed by atoms with Gasteiger partial charge in [0.25, 0.3) is 5.91 Å². The molecule has 5 nitrogen and oxygen atoms in total. The fraction of sp³-hybridized carbons (Fsp3) is 0.467. The third-order valence-corrected chi connectivity index (χ3v) is 3.29. The minimum Gasteiger partial charge on any atom is -0.497 e. The molecule has 0 unspecified atom stereocenters. The molecule has 0 aliphatic rings. The highest BCUT2D eigenvalue weighted by Crippen LogP contribution is 2.20. The molecular formula is C15H21NO4. The van der Waals surface area contributed by atoms with Crippen molar-refractivity contribution in [1.29, 1.82) is 0 Å². The molecule has 0 radical (unpaired) electrons. The predicted molar refractivity (Wildman–Crippen MR) is 76.1 cm³/mol. The van der Waals surface area contributed by atoms with E-state index in [-0.39, 0.29) is 5.91 Å². The molecule has 1 rings (SSSR count). The second-order valence-electron chi connectivity index (χ2n) is 5.38. The molecule has 0 fully saturated rings. The summed E-state index contributed by atoms with van der Waals surface area (Å²) < 4.78 is 5.08. The smallest absolute Gasteiger partial charge is 0.309 e. The van der Waals surface area contributed by atoms with Crippen molar-refractivity contribution in [2.24, 2.45) is 5.41 Å². The van der Waals surface area contributed by atoms with Crippen molar-refractivity contribution in [2.45, 2.75) is 27.2 Å². The van der Waals surface area contributed by atoms with Gasteiger partial charge in [-0.2, -0.15) is 0 Å². The molecule has 0 spiro atoms. The van der Waals surface area contributed by atoms with Crippen LogP contribution < -0.4 is 10.1 Å².